The average Bonchev–Trinajstić information content (AvgIpc) is 2.90. The standard InChI is InChI=1S/C18H26N2OS/c1-13(2)15-6-8-16(9-7-15)18(21-11-10-20(4)5)17-12-14(3)19-22-17/h6-9,12-13,18H,10-11H2,1-5H3. The lowest BCUT2D eigenvalue weighted by molar-refractivity contribution is 0.0708. The lowest BCUT2D eigenvalue weighted by Crippen LogP contribution is -2.19. The van der Waals surface area contributed by atoms with E-state index in [2.05, 4.69) is 67.5 Å². The first-order valence-electron chi connectivity index (χ1n) is 7.76. The Morgan fingerprint density at radius 1 is 1.14 bits per heavy atom. The number of rotatable bonds is 7. The molecule has 0 N–H and O–H groups in total. The highest BCUT2D eigenvalue weighted by molar-refractivity contribution is 7.05. The quantitative estimate of drug-likeness (QED) is 0.763. The second-order valence-electron chi connectivity index (χ2n) is 6.25. The molecule has 0 radical (unpaired) electrons. The zero-order valence-electron chi connectivity index (χ0n) is 14.2. The molecule has 2 aromatic rings. The van der Waals surface area contributed by atoms with Crippen molar-refractivity contribution in [3.63, 3.8) is 0 Å². The monoisotopic (exact) mass is 318 g/mol. The zero-order chi connectivity index (χ0) is 16.1. The van der Waals surface area contributed by atoms with Crippen molar-refractivity contribution in [1.82, 2.24) is 9.27 Å². The van der Waals surface area contributed by atoms with E-state index in [9.17, 15) is 0 Å². The smallest absolute Gasteiger partial charge is 0.118 e. The predicted octanol–water partition coefficient (Wildman–Crippen LogP) is 4.24. The van der Waals surface area contributed by atoms with Gasteiger partial charge in [-0.3, -0.25) is 0 Å². The molecule has 1 unspecified atom stereocenters. The van der Waals surface area contributed by atoms with E-state index in [4.69, 9.17) is 4.74 Å². The maximum Gasteiger partial charge on any atom is 0.118 e. The summed E-state index contributed by atoms with van der Waals surface area (Å²) < 4.78 is 10.6. The Bertz CT molecular complexity index is 575. The number of aromatic nitrogens is 1. The van der Waals surface area contributed by atoms with Crippen molar-refractivity contribution in [2.75, 3.05) is 27.2 Å². The van der Waals surface area contributed by atoms with E-state index in [1.807, 2.05) is 6.92 Å². The minimum absolute atomic E-state index is 0.0210. The Morgan fingerprint density at radius 2 is 1.77 bits per heavy atom. The molecular formula is C18H26N2OS. The van der Waals surface area contributed by atoms with E-state index in [1.54, 1.807) is 0 Å². The normalized spacial score (nSPS) is 13.0. The fourth-order valence-electron chi connectivity index (χ4n) is 2.26. The van der Waals surface area contributed by atoms with Gasteiger partial charge in [-0.2, -0.15) is 4.37 Å². The minimum atomic E-state index is -0.0210. The third kappa shape index (κ3) is 4.63. The number of hydrogen-bond acceptors (Lipinski definition) is 4. The maximum atomic E-state index is 6.17. The summed E-state index contributed by atoms with van der Waals surface area (Å²) in [5.74, 6) is 0.549. The highest BCUT2D eigenvalue weighted by Gasteiger charge is 2.18. The first-order valence-corrected chi connectivity index (χ1v) is 8.54. The summed E-state index contributed by atoms with van der Waals surface area (Å²) in [7, 11) is 4.12. The van der Waals surface area contributed by atoms with Gasteiger partial charge in [-0.1, -0.05) is 38.1 Å². The van der Waals surface area contributed by atoms with E-state index in [1.165, 1.54) is 27.5 Å². The van der Waals surface area contributed by atoms with Gasteiger partial charge in [0.1, 0.15) is 6.10 Å². The van der Waals surface area contributed by atoms with Crippen LogP contribution in [0.3, 0.4) is 0 Å². The van der Waals surface area contributed by atoms with Crippen LogP contribution in [0.1, 0.15) is 47.6 Å². The van der Waals surface area contributed by atoms with Crippen molar-refractivity contribution in [1.29, 1.82) is 0 Å². The van der Waals surface area contributed by atoms with Crippen molar-refractivity contribution in [2.24, 2.45) is 0 Å². The van der Waals surface area contributed by atoms with Crippen molar-refractivity contribution in [3.8, 4) is 0 Å². The number of aryl methyl sites for hydroxylation is 1. The number of ether oxygens (including phenoxy) is 1. The highest BCUT2D eigenvalue weighted by Crippen LogP contribution is 2.30. The summed E-state index contributed by atoms with van der Waals surface area (Å²) in [5, 5.41) is 0. The molecule has 1 heterocycles. The first kappa shape index (κ1) is 17.1. The van der Waals surface area contributed by atoms with Crippen LogP contribution in [0.4, 0.5) is 0 Å². The summed E-state index contributed by atoms with van der Waals surface area (Å²) in [5.41, 5.74) is 3.61. The van der Waals surface area contributed by atoms with Crippen LogP contribution in [0.2, 0.25) is 0 Å². The topological polar surface area (TPSA) is 25.4 Å². The van der Waals surface area contributed by atoms with Crippen LogP contribution in [0.25, 0.3) is 0 Å². The number of likely N-dealkylation sites (N-methyl/N-ethyl adjacent to an activating group) is 1. The van der Waals surface area contributed by atoms with Gasteiger partial charge in [-0.25, -0.2) is 0 Å². The van der Waals surface area contributed by atoms with Crippen LogP contribution in [-0.4, -0.2) is 36.5 Å². The number of nitrogens with zero attached hydrogens (tertiary/aromatic N) is 2. The molecule has 1 aromatic heterocycles. The fourth-order valence-corrected chi connectivity index (χ4v) is 3.08. The maximum absolute atomic E-state index is 6.17. The van der Waals surface area contributed by atoms with E-state index in [0.29, 0.717) is 12.5 Å². The molecule has 4 heteroatoms. The van der Waals surface area contributed by atoms with E-state index >= 15 is 0 Å². The van der Waals surface area contributed by atoms with Gasteiger partial charge in [0.25, 0.3) is 0 Å². The molecule has 22 heavy (non-hydrogen) atoms. The molecule has 1 aromatic carbocycles. The van der Waals surface area contributed by atoms with Crippen molar-refractivity contribution >= 4 is 11.5 Å². The van der Waals surface area contributed by atoms with Gasteiger partial charge < -0.3 is 9.64 Å². The predicted molar refractivity (Wildman–Crippen MR) is 93.7 cm³/mol. The van der Waals surface area contributed by atoms with Crippen LogP contribution in [-0.2, 0) is 4.74 Å². The van der Waals surface area contributed by atoms with Crippen LogP contribution in [0.5, 0.6) is 0 Å². The summed E-state index contributed by atoms with van der Waals surface area (Å²) in [6.07, 6.45) is -0.0210. The minimum Gasteiger partial charge on any atom is -0.367 e. The third-order valence-corrected chi connectivity index (χ3v) is 4.56. The highest BCUT2D eigenvalue weighted by atomic mass is 32.1. The Balaban J connectivity index is 2.19. The van der Waals surface area contributed by atoms with Gasteiger partial charge in [0.2, 0.25) is 0 Å². The molecule has 0 saturated carbocycles. The van der Waals surface area contributed by atoms with Crippen molar-refractivity contribution in [2.45, 2.75) is 32.8 Å². The molecular weight excluding hydrogens is 292 g/mol. The molecule has 0 bridgehead atoms. The largest absolute Gasteiger partial charge is 0.367 e. The van der Waals surface area contributed by atoms with E-state index < -0.39 is 0 Å². The van der Waals surface area contributed by atoms with Gasteiger partial charge in [-0.15, -0.1) is 0 Å². The molecule has 0 saturated heterocycles. The molecule has 0 spiro atoms. The summed E-state index contributed by atoms with van der Waals surface area (Å²) in [6.45, 7) is 8.08. The van der Waals surface area contributed by atoms with Gasteiger partial charge in [0.15, 0.2) is 0 Å². The molecule has 1 atom stereocenters. The van der Waals surface area contributed by atoms with Gasteiger partial charge in [-0.05, 0) is 55.7 Å². The molecule has 3 nitrogen and oxygen atoms in total. The molecule has 0 amide bonds. The first-order chi connectivity index (χ1) is 10.5. The molecule has 0 aliphatic carbocycles. The second-order valence-corrected chi connectivity index (χ2v) is 7.08. The second kappa shape index (κ2) is 7.86. The summed E-state index contributed by atoms with van der Waals surface area (Å²) in [6, 6.07) is 10.9. The molecule has 0 aliphatic rings. The van der Waals surface area contributed by atoms with Crippen LogP contribution < -0.4 is 0 Å². The van der Waals surface area contributed by atoms with E-state index in [0.717, 1.165) is 12.2 Å². The lowest BCUT2D eigenvalue weighted by atomic mass is 9.99. The number of hydrogen-bond donors (Lipinski definition) is 0. The Morgan fingerprint density at radius 3 is 2.27 bits per heavy atom. The van der Waals surface area contributed by atoms with Crippen LogP contribution in [0, 0.1) is 6.92 Å². The Kier molecular flexibility index (Phi) is 6.12. The SMILES string of the molecule is Cc1cc(C(OCCN(C)C)c2ccc(C(C)C)cc2)sn1. The Hall–Kier alpha value is -1.23. The molecule has 0 fully saturated rings. The van der Waals surface area contributed by atoms with Crippen LogP contribution in [0.15, 0.2) is 30.3 Å². The van der Waals surface area contributed by atoms with Gasteiger partial charge >= 0.3 is 0 Å². The molecule has 120 valence electrons. The zero-order valence-corrected chi connectivity index (χ0v) is 15.0. The summed E-state index contributed by atoms with van der Waals surface area (Å²) >= 11 is 1.53. The third-order valence-electron chi connectivity index (χ3n) is 3.63. The van der Waals surface area contributed by atoms with Gasteiger partial charge in [0, 0.05) is 6.54 Å². The molecule has 2 rings (SSSR count). The summed E-state index contributed by atoms with van der Waals surface area (Å²) in [4.78, 5) is 3.31. The van der Waals surface area contributed by atoms with Gasteiger partial charge in [0.05, 0.1) is 17.2 Å². The average molecular weight is 318 g/mol. The Labute approximate surface area is 138 Å². The number of benzene rings is 1. The fraction of sp³-hybridized carbons (Fsp3) is 0.500. The van der Waals surface area contributed by atoms with Crippen LogP contribution >= 0.6 is 11.5 Å². The van der Waals surface area contributed by atoms with E-state index in [-0.39, 0.29) is 6.10 Å². The van der Waals surface area contributed by atoms with Crippen molar-refractivity contribution in [3.05, 3.63) is 52.0 Å². The molecule has 0 aliphatic heterocycles. The van der Waals surface area contributed by atoms with Crippen molar-refractivity contribution < 1.29 is 4.74 Å². The lowest BCUT2D eigenvalue weighted by Gasteiger charge is -2.19.